The molecule has 0 saturated heterocycles. The van der Waals surface area contributed by atoms with E-state index in [1.807, 2.05) is 0 Å². The topological polar surface area (TPSA) is 61.3 Å². The average molecular weight is 190 g/mol. The number of ether oxygens (including phenoxy) is 1. The van der Waals surface area contributed by atoms with Crippen LogP contribution in [0, 0.1) is 0 Å². The smallest absolute Gasteiger partial charge is 0.228 e. The number of oxazole rings is 1. The van der Waals surface area contributed by atoms with Crippen molar-refractivity contribution in [2.75, 3.05) is 12.8 Å². The predicted octanol–water partition coefficient (Wildman–Crippen LogP) is 1.93. The molecule has 72 valence electrons. The standard InChI is InChI=1S/C10H10N2O2/c1-13-7-2-3-9(11)8(6-7)10-12-4-5-14-10/h2-6H,11H2,1H3. The first kappa shape index (κ1) is 8.62. The van der Waals surface area contributed by atoms with Crippen LogP contribution in [0.25, 0.3) is 11.5 Å². The lowest BCUT2D eigenvalue weighted by Crippen LogP contribution is -1.91. The van der Waals surface area contributed by atoms with E-state index in [1.54, 1.807) is 31.5 Å². The Morgan fingerprint density at radius 2 is 2.29 bits per heavy atom. The fraction of sp³-hybridized carbons (Fsp3) is 0.100. The van der Waals surface area contributed by atoms with Crippen LogP contribution in [-0.2, 0) is 0 Å². The van der Waals surface area contributed by atoms with Crippen LogP contribution in [0.2, 0.25) is 0 Å². The van der Waals surface area contributed by atoms with Crippen molar-refractivity contribution in [1.82, 2.24) is 4.98 Å². The lowest BCUT2D eigenvalue weighted by Gasteiger charge is -2.04. The van der Waals surface area contributed by atoms with Gasteiger partial charge in [-0.15, -0.1) is 0 Å². The zero-order valence-electron chi connectivity index (χ0n) is 7.73. The van der Waals surface area contributed by atoms with E-state index in [0.29, 0.717) is 11.6 Å². The summed E-state index contributed by atoms with van der Waals surface area (Å²) in [5.41, 5.74) is 7.14. The largest absolute Gasteiger partial charge is 0.497 e. The molecule has 0 unspecified atom stereocenters. The third-order valence-electron chi connectivity index (χ3n) is 1.92. The number of hydrogen-bond donors (Lipinski definition) is 1. The summed E-state index contributed by atoms with van der Waals surface area (Å²) < 4.78 is 10.2. The van der Waals surface area contributed by atoms with Crippen molar-refractivity contribution in [1.29, 1.82) is 0 Å². The van der Waals surface area contributed by atoms with Crippen LogP contribution < -0.4 is 10.5 Å². The Hall–Kier alpha value is -1.97. The normalized spacial score (nSPS) is 10.1. The molecular weight excluding hydrogens is 180 g/mol. The van der Waals surface area contributed by atoms with Gasteiger partial charge in [-0.3, -0.25) is 0 Å². The van der Waals surface area contributed by atoms with E-state index in [0.717, 1.165) is 11.3 Å². The number of nitrogens with two attached hydrogens (primary N) is 1. The number of nitrogen functional groups attached to an aromatic ring is 1. The molecule has 0 aliphatic heterocycles. The van der Waals surface area contributed by atoms with E-state index in [4.69, 9.17) is 14.9 Å². The number of benzene rings is 1. The summed E-state index contributed by atoms with van der Waals surface area (Å²) >= 11 is 0. The predicted molar refractivity (Wildman–Crippen MR) is 52.9 cm³/mol. The Morgan fingerprint density at radius 1 is 1.43 bits per heavy atom. The first-order chi connectivity index (χ1) is 6.81. The van der Waals surface area contributed by atoms with E-state index >= 15 is 0 Å². The molecule has 1 aromatic heterocycles. The SMILES string of the molecule is COc1ccc(N)c(-c2ncco2)c1. The first-order valence-corrected chi connectivity index (χ1v) is 4.14. The highest BCUT2D eigenvalue weighted by atomic mass is 16.5. The molecule has 4 nitrogen and oxygen atoms in total. The summed E-state index contributed by atoms with van der Waals surface area (Å²) in [5.74, 6) is 1.23. The third kappa shape index (κ3) is 1.42. The Bertz CT molecular complexity index is 424. The molecule has 2 rings (SSSR count). The molecule has 0 atom stereocenters. The Kier molecular flexibility index (Phi) is 2.10. The highest BCUT2D eigenvalue weighted by Gasteiger charge is 2.07. The molecule has 0 aliphatic rings. The molecule has 0 saturated carbocycles. The van der Waals surface area contributed by atoms with Crippen molar-refractivity contribution in [3.8, 4) is 17.2 Å². The lowest BCUT2D eigenvalue weighted by atomic mass is 10.1. The minimum Gasteiger partial charge on any atom is -0.497 e. The van der Waals surface area contributed by atoms with Crippen molar-refractivity contribution in [2.45, 2.75) is 0 Å². The minimum atomic E-state index is 0.501. The molecule has 2 aromatic rings. The second-order valence-corrected chi connectivity index (χ2v) is 2.79. The molecule has 0 bridgehead atoms. The van der Waals surface area contributed by atoms with Crippen LogP contribution in [0.1, 0.15) is 0 Å². The van der Waals surface area contributed by atoms with Crippen LogP contribution in [0.5, 0.6) is 5.75 Å². The maximum atomic E-state index is 5.78. The summed E-state index contributed by atoms with van der Waals surface area (Å²) in [4.78, 5) is 4.02. The van der Waals surface area contributed by atoms with Gasteiger partial charge in [-0.1, -0.05) is 0 Å². The Morgan fingerprint density at radius 3 is 2.93 bits per heavy atom. The van der Waals surface area contributed by atoms with Crippen LogP contribution in [-0.4, -0.2) is 12.1 Å². The zero-order valence-corrected chi connectivity index (χ0v) is 7.73. The molecule has 14 heavy (non-hydrogen) atoms. The van der Waals surface area contributed by atoms with Crippen LogP contribution in [0.3, 0.4) is 0 Å². The van der Waals surface area contributed by atoms with Crippen molar-refractivity contribution in [3.63, 3.8) is 0 Å². The molecule has 0 spiro atoms. The van der Waals surface area contributed by atoms with Gasteiger partial charge in [0.05, 0.1) is 18.9 Å². The van der Waals surface area contributed by atoms with Gasteiger partial charge in [0, 0.05) is 5.69 Å². The van der Waals surface area contributed by atoms with Crippen molar-refractivity contribution in [2.24, 2.45) is 0 Å². The fourth-order valence-electron chi connectivity index (χ4n) is 1.20. The van der Waals surface area contributed by atoms with Gasteiger partial charge in [0.25, 0.3) is 0 Å². The Balaban J connectivity index is 2.51. The molecule has 4 heteroatoms. The highest BCUT2D eigenvalue weighted by molar-refractivity contribution is 5.71. The van der Waals surface area contributed by atoms with E-state index < -0.39 is 0 Å². The Labute approximate surface area is 81.3 Å². The molecule has 1 aromatic carbocycles. The quantitative estimate of drug-likeness (QED) is 0.735. The molecule has 0 amide bonds. The monoisotopic (exact) mass is 190 g/mol. The summed E-state index contributed by atoms with van der Waals surface area (Å²) in [6.07, 6.45) is 3.09. The summed E-state index contributed by atoms with van der Waals surface area (Å²) in [6.45, 7) is 0. The number of methoxy groups -OCH3 is 1. The van der Waals surface area contributed by atoms with Gasteiger partial charge in [-0.2, -0.15) is 0 Å². The van der Waals surface area contributed by atoms with E-state index in [1.165, 1.54) is 6.26 Å². The van der Waals surface area contributed by atoms with Gasteiger partial charge < -0.3 is 14.9 Å². The molecule has 2 N–H and O–H groups in total. The molecule has 1 heterocycles. The zero-order chi connectivity index (χ0) is 9.97. The summed E-state index contributed by atoms with van der Waals surface area (Å²) in [5, 5.41) is 0. The van der Waals surface area contributed by atoms with Crippen LogP contribution in [0.15, 0.2) is 35.1 Å². The third-order valence-corrected chi connectivity index (χ3v) is 1.92. The van der Waals surface area contributed by atoms with E-state index in [2.05, 4.69) is 4.98 Å². The summed E-state index contributed by atoms with van der Waals surface area (Å²) in [7, 11) is 1.60. The number of aromatic nitrogens is 1. The number of hydrogen-bond acceptors (Lipinski definition) is 4. The molecular formula is C10H10N2O2. The molecule has 0 radical (unpaired) electrons. The minimum absolute atomic E-state index is 0.501. The van der Waals surface area contributed by atoms with Gasteiger partial charge in [-0.25, -0.2) is 4.98 Å². The summed E-state index contributed by atoms with van der Waals surface area (Å²) in [6, 6.07) is 5.35. The fourth-order valence-corrected chi connectivity index (χ4v) is 1.20. The van der Waals surface area contributed by atoms with Crippen molar-refractivity contribution >= 4 is 5.69 Å². The van der Waals surface area contributed by atoms with Crippen LogP contribution >= 0.6 is 0 Å². The lowest BCUT2D eigenvalue weighted by molar-refractivity contribution is 0.415. The van der Waals surface area contributed by atoms with E-state index in [-0.39, 0.29) is 0 Å². The second kappa shape index (κ2) is 3.41. The maximum absolute atomic E-state index is 5.78. The number of rotatable bonds is 2. The van der Waals surface area contributed by atoms with Gasteiger partial charge in [0.2, 0.25) is 5.89 Å². The highest BCUT2D eigenvalue weighted by Crippen LogP contribution is 2.28. The van der Waals surface area contributed by atoms with Gasteiger partial charge in [-0.05, 0) is 18.2 Å². The van der Waals surface area contributed by atoms with Gasteiger partial charge in [0.1, 0.15) is 12.0 Å². The van der Waals surface area contributed by atoms with Gasteiger partial charge in [0.15, 0.2) is 0 Å². The van der Waals surface area contributed by atoms with Crippen LogP contribution in [0.4, 0.5) is 5.69 Å². The molecule has 0 aliphatic carbocycles. The second-order valence-electron chi connectivity index (χ2n) is 2.79. The van der Waals surface area contributed by atoms with Crippen molar-refractivity contribution < 1.29 is 9.15 Å². The first-order valence-electron chi connectivity index (χ1n) is 4.14. The van der Waals surface area contributed by atoms with Gasteiger partial charge >= 0.3 is 0 Å². The average Bonchev–Trinajstić information content (AvgIpc) is 2.71. The maximum Gasteiger partial charge on any atom is 0.228 e. The molecule has 0 fully saturated rings. The number of anilines is 1. The van der Waals surface area contributed by atoms with Crippen molar-refractivity contribution in [3.05, 3.63) is 30.7 Å². The van der Waals surface area contributed by atoms with E-state index in [9.17, 15) is 0 Å². The number of nitrogens with zero attached hydrogens (tertiary/aromatic N) is 1.